The molecule has 2 aliphatic heterocycles. The maximum atomic E-state index is 11.7. The van der Waals surface area contributed by atoms with E-state index in [-0.39, 0.29) is 25.0 Å². The quantitative estimate of drug-likeness (QED) is 0.315. The number of urea groups is 1. The second-order valence-corrected chi connectivity index (χ2v) is 7.48. The summed E-state index contributed by atoms with van der Waals surface area (Å²) >= 11 is 0. The molecule has 0 spiro atoms. The Morgan fingerprint density at radius 2 is 2.23 bits per heavy atom. The van der Waals surface area contributed by atoms with Crippen molar-refractivity contribution in [3.05, 3.63) is 29.3 Å². The molecule has 1 atom stereocenters. The van der Waals surface area contributed by atoms with Gasteiger partial charge < -0.3 is 25.4 Å². The largest absolute Gasteiger partial charge is 0.493 e. The van der Waals surface area contributed by atoms with Gasteiger partial charge in [-0.1, -0.05) is 12.1 Å². The molecule has 0 aliphatic carbocycles. The zero-order valence-electron chi connectivity index (χ0n) is 17.7. The molecule has 0 bridgehead atoms. The zero-order chi connectivity index (χ0) is 21.3. The highest BCUT2D eigenvalue weighted by atomic mass is 16.5. The number of aliphatic imine (C=N–C) groups is 1. The van der Waals surface area contributed by atoms with E-state index in [1.165, 1.54) is 4.90 Å². The summed E-state index contributed by atoms with van der Waals surface area (Å²) in [4.78, 5) is 29.1. The second kappa shape index (κ2) is 10.8. The van der Waals surface area contributed by atoms with Gasteiger partial charge in [0, 0.05) is 37.7 Å². The van der Waals surface area contributed by atoms with Gasteiger partial charge in [0.1, 0.15) is 5.75 Å². The Hall–Kier alpha value is -2.81. The number of ether oxygens (including phenoxy) is 2. The van der Waals surface area contributed by atoms with E-state index in [1.54, 1.807) is 0 Å². The molecule has 164 valence electrons. The molecule has 3 rings (SSSR count). The van der Waals surface area contributed by atoms with Gasteiger partial charge >= 0.3 is 6.03 Å². The fourth-order valence-corrected chi connectivity index (χ4v) is 3.32. The minimum Gasteiger partial charge on any atom is -0.493 e. The predicted molar refractivity (Wildman–Crippen MR) is 114 cm³/mol. The first-order valence-corrected chi connectivity index (χ1v) is 10.5. The lowest BCUT2D eigenvalue weighted by molar-refractivity contribution is -0.124. The Morgan fingerprint density at radius 1 is 1.37 bits per heavy atom. The number of benzene rings is 1. The van der Waals surface area contributed by atoms with Crippen molar-refractivity contribution in [2.24, 2.45) is 10.9 Å². The van der Waals surface area contributed by atoms with Gasteiger partial charge in [-0.15, -0.1) is 0 Å². The second-order valence-electron chi connectivity index (χ2n) is 7.48. The normalized spacial score (nSPS) is 19.2. The van der Waals surface area contributed by atoms with Crippen LogP contribution >= 0.6 is 0 Å². The molecule has 2 aliphatic rings. The number of hydrogen-bond acceptors (Lipinski definition) is 5. The summed E-state index contributed by atoms with van der Waals surface area (Å²) in [6, 6.07) is 5.78. The van der Waals surface area contributed by atoms with Crippen molar-refractivity contribution in [3.8, 4) is 5.75 Å². The molecule has 3 N–H and O–H groups in total. The Balaban J connectivity index is 1.57. The van der Waals surface area contributed by atoms with Crippen molar-refractivity contribution < 1.29 is 19.1 Å². The highest BCUT2D eigenvalue weighted by Gasteiger charge is 2.27. The highest BCUT2D eigenvalue weighted by molar-refractivity contribution is 6.01. The van der Waals surface area contributed by atoms with Crippen molar-refractivity contribution >= 4 is 17.9 Å². The summed E-state index contributed by atoms with van der Waals surface area (Å²) in [6.45, 7) is 8.16. The molecule has 1 aromatic rings. The highest BCUT2D eigenvalue weighted by Crippen LogP contribution is 2.23. The summed E-state index contributed by atoms with van der Waals surface area (Å²) in [5, 5.41) is 8.87. The van der Waals surface area contributed by atoms with Crippen LogP contribution in [0.3, 0.4) is 0 Å². The summed E-state index contributed by atoms with van der Waals surface area (Å²) in [7, 11) is 0. The van der Waals surface area contributed by atoms with Gasteiger partial charge in [0.2, 0.25) is 5.91 Å². The lowest BCUT2D eigenvalue weighted by atomic mass is 10.1. The number of nitrogens with zero attached hydrogens (tertiary/aromatic N) is 2. The van der Waals surface area contributed by atoms with E-state index in [0.29, 0.717) is 38.1 Å². The van der Waals surface area contributed by atoms with Gasteiger partial charge in [-0.25, -0.2) is 9.79 Å². The third-order valence-corrected chi connectivity index (χ3v) is 5.04. The van der Waals surface area contributed by atoms with Gasteiger partial charge in [0.25, 0.3) is 0 Å². The van der Waals surface area contributed by atoms with E-state index in [0.717, 1.165) is 36.5 Å². The van der Waals surface area contributed by atoms with E-state index in [9.17, 15) is 9.59 Å². The molecule has 30 heavy (non-hydrogen) atoms. The van der Waals surface area contributed by atoms with Gasteiger partial charge in [0.15, 0.2) is 5.96 Å². The van der Waals surface area contributed by atoms with Crippen LogP contribution in [0.15, 0.2) is 23.2 Å². The fourth-order valence-electron chi connectivity index (χ4n) is 3.32. The lowest BCUT2D eigenvalue weighted by Crippen LogP contribution is -2.43. The summed E-state index contributed by atoms with van der Waals surface area (Å²) in [5.41, 5.74) is 2.14. The van der Waals surface area contributed by atoms with Gasteiger partial charge in [-0.05, 0) is 31.9 Å². The van der Waals surface area contributed by atoms with Crippen LogP contribution in [0.2, 0.25) is 0 Å². The Bertz CT molecular complexity index is 761. The van der Waals surface area contributed by atoms with Crippen molar-refractivity contribution in [1.82, 2.24) is 20.9 Å². The summed E-state index contributed by atoms with van der Waals surface area (Å²) in [6.07, 6.45) is 1.03. The molecule has 0 radical (unpaired) electrons. The molecule has 2 saturated heterocycles. The maximum Gasteiger partial charge on any atom is 0.324 e. The van der Waals surface area contributed by atoms with E-state index in [1.807, 2.05) is 32.0 Å². The van der Waals surface area contributed by atoms with Crippen LogP contribution in [-0.2, 0) is 16.1 Å². The van der Waals surface area contributed by atoms with Gasteiger partial charge in [0.05, 0.1) is 26.3 Å². The monoisotopic (exact) mass is 417 g/mol. The molecule has 0 aromatic heterocycles. The van der Waals surface area contributed by atoms with Crippen LogP contribution in [0.4, 0.5) is 4.79 Å². The standard InChI is InChI=1S/C21H31N5O4/c1-3-22-20(23-7-8-26-19(27)12-25-21(26)28)24-11-17-5-4-15(2)10-18(17)30-14-16-6-9-29-13-16/h4-5,10,16H,3,6-9,11-14H2,1-2H3,(H,25,28)(H2,22,23,24). The number of carbonyl (C=O) groups excluding carboxylic acids is 2. The molecule has 9 heteroatoms. The van der Waals surface area contributed by atoms with Crippen molar-refractivity contribution in [2.45, 2.75) is 26.8 Å². The fraction of sp³-hybridized carbons (Fsp3) is 0.571. The van der Waals surface area contributed by atoms with Crippen molar-refractivity contribution in [2.75, 3.05) is 46.0 Å². The van der Waals surface area contributed by atoms with Crippen LogP contribution in [0.5, 0.6) is 5.75 Å². The first-order valence-electron chi connectivity index (χ1n) is 10.5. The third-order valence-electron chi connectivity index (χ3n) is 5.04. The molecule has 2 heterocycles. The smallest absolute Gasteiger partial charge is 0.324 e. The predicted octanol–water partition coefficient (Wildman–Crippen LogP) is 1.02. The average Bonchev–Trinajstić information content (AvgIpc) is 3.36. The van der Waals surface area contributed by atoms with Gasteiger partial charge in [-0.2, -0.15) is 0 Å². The third kappa shape index (κ3) is 6.09. The Labute approximate surface area is 177 Å². The minimum atomic E-state index is -0.349. The number of carbonyl (C=O) groups is 2. The van der Waals surface area contributed by atoms with Gasteiger partial charge in [-0.3, -0.25) is 9.69 Å². The van der Waals surface area contributed by atoms with Crippen molar-refractivity contribution in [3.63, 3.8) is 0 Å². The molecule has 9 nitrogen and oxygen atoms in total. The maximum absolute atomic E-state index is 11.7. The molecular formula is C21H31N5O4. The number of nitrogens with one attached hydrogen (secondary N) is 3. The Morgan fingerprint density at radius 3 is 2.93 bits per heavy atom. The molecule has 3 amide bonds. The number of guanidine groups is 1. The number of amides is 3. The molecule has 1 unspecified atom stereocenters. The SMILES string of the molecule is CCNC(=NCc1ccc(C)cc1OCC1CCOC1)NCCN1C(=O)CNC1=O. The number of rotatable bonds is 9. The number of hydrogen-bond donors (Lipinski definition) is 3. The van der Waals surface area contributed by atoms with Crippen LogP contribution in [0.25, 0.3) is 0 Å². The molecule has 2 fully saturated rings. The Kier molecular flexibility index (Phi) is 7.89. The molecule has 1 aromatic carbocycles. The van der Waals surface area contributed by atoms with Crippen LogP contribution in [0, 0.1) is 12.8 Å². The van der Waals surface area contributed by atoms with E-state index in [4.69, 9.17) is 9.47 Å². The van der Waals surface area contributed by atoms with Crippen LogP contribution in [0.1, 0.15) is 24.5 Å². The molecular weight excluding hydrogens is 386 g/mol. The zero-order valence-corrected chi connectivity index (χ0v) is 17.7. The van der Waals surface area contributed by atoms with E-state index >= 15 is 0 Å². The number of imide groups is 1. The summed E-state index contributed by atoms with van der Waals surface area (Å²) in [5.74, 6) is 1.70. The van der Waals surface area contributed by atoms with E-state index < -0.39 is 0 Å². The van der Waals surface area contributed by atoms with Crippen LogP contribution in [-0.4, -0.2) is 68.8 Å². The molecule has 0 saturated carbocycles. The topological polar surface area (TPSA) is 104 Å². The number of aryl methyl sites for hydroxylation is 1. The van der Waals surface area contributed by atoms with Crippen molar-refractivity contribution in [1.29, 1.82) is 0 Å². The van der Waals surface area contributed by atoms with Crippen LogP contribution < -0.4 is 20.7 Å². The lowest BCUT2D eigenvalue weighted by Gasteiger charge is -2.16. The minimum absolute atomic E-state index is 0.0656. The summed E-state index contributed by atoms with van der Waals surface area (Å²) < 4.78 is 11.5. The average molecular weight is 418 g/mol. The van der Waals surface area contributed by atoms with E-state index in [2.05, 4.69) is 20.9 Å². The first kappa shape index (κ1) is 21.9. The first-order chi connectivity index (χ1) is 14.6.